The average molecular weight is 350 g/mol. The molecule has 0 aromatic carbocycles. The maximum Gasteiger partial charge on any atom is 0.260 e. The lowest BCUT2D eigenvalue weighted by molar-refractivity contribution is 0.565. The van der Waals surface area contributed by atoms with Crippen molar-refractivity contribution in [1.82, 2.24) is 14.1 Å². The monoisotopic (exact) mass is 350 g/mol. The molecule has 2 unspecified atom stereocenters. The van der Waals surface area contributed by atoms with Gasteiger partial charge >= 0.3 is 0 Å². The molecule has 0 amide bonds. The molecule has 21 heavy (non-hydrogen) atoms. The number of hydrogen-bond donors (Lipinski definition) is 2. The molecule has 0 radical (unpaired) electrons. The van der Waals surface area contributed by atoms with E-state index in [0.717, 1.165) is 0 Å². The van der Waals surface area contributed by atoms with Crippen molar-refractivity contribution < 1.29 is 12.6 Å². The Hall–Kier alpha value is -0.970. The van der Waals surface area contributed by atoms with E-state index < -0.39 is 26.9 Å². The number of imidazole rings is 1. The van der Waals surface area contributed by atoms with Crippen molar-refractivity contribution in [2.24, 2.45) is 0 Å². The molecule has 0 saturated heterocycles. The molecule has 118 valence electrons. The number of hydrogen-bond acceptors (Lipinski definition) is 6. The topological polar surface area (TPSA) is 92.6 Å². The van der Waals surface area contributed by atoms with Gasteiger partial charge < -0.3 is 5.32 Å². The van der Waals surface area contributed by atoms with Crippen molar-refractivity contribution in [2.75, 3.05) is 23.9 Å². The predicted molar refractivity (Wildman–Crippen MR) is 85.9 cm³/mol. The second-order valence-electron chi connectivity index (χ2n) is 4.61. The molecule has 0 saturated carbocycles. The van der Waals surface area contributed by atoms with Gasteiger partial charge in [0.05, 0.1) is 0 Å². The summed E-state index contributed by atoms with van der Waals surface area (Å²) in [6, 6.07) is -0.417. The van der Waals surface area contributed by atoms with Gasteiger partial charge in [-0.05, 0) is 13.8 Å². The normalized spacial score (nSPS) is 15.2. The largest absolute Gasteiger partial charge is 0.368 e. The molecule has 7 nitrogen and oxygen atoms in total. The number of rotatable bonds is 7. The molecule has 0 aliphatic carbocycles. The SMILES string of the molecule is CCNc1nc2sccn2c1S(=O)(=O)NC(C)CS(C)=O. The van der Waals surface area contributed by atoms with E-state index in [0.29, 0.717) is 17.3 Å². The molecule has 2 atom stereocenters. The molecule has 2 heterocycles. The van der Waals surface area contributed by atoms with E-state index in [4.69, 9.17) is 0 Å². The number of anilines is 1. The van der Waals surface area contributed by atoms with Crippen LogP contribution in [0.1, 0.15) is 13.8 Å². The molecule has 0 bridgehead atoms. The van der Waals surface area contributed by atoms with E-state index in [1.54, 1.807) is 29.2 Å². The zero-order valence-electron chi connectivity index (χ0n) is 12.0. The Kier molecular flexibility index (Phi) is 5.02. The van der Waals surface area contributed by atoms with E-state index in [1.165, 1.54) is 11.3 Å². The summed E-state index contributed by atoms with van der Waals surface area (Å²) in [4.78, 5) is 4.90. The van der Waals surface area contributed by atoms with Crippen LogP contribution in [0.4, 0.5) is 5.82 Å². The summed E-state index contributed by atoms with van der Waals surface area (Å²) < 4.78 is 40.5. The lowest BCUT2D eigenvalue weighted by Gasteiger charge is -2.13. The molecular weight excluding hydrogens is 332 g/mol. The Morgan fingerprint density at radius 3 is 2.86 bits per heavy atom. The van der Waals surface area contributed by atoms with Gasteiger partial charge in [-0.3, -0.25) is 8.61 Å². The summed E-state index contributed by atoms with van der Waals surface area (Å²) in [6.45, 7) is 4.14. The summed E-state index contributed by atoms with van der Waals surface area (Å²) >= 11 is 1.36. The molecule has 0 fully saturated rings. The third-order valence-corrected chi connectivity index (χ3v) is 6.00. The Bertz CT molecular complexity index is 750. The zero-order valence-corrected chi connectivity index (χ0v) is 14.4. The molecule has 10 heteroatoms. The summed E-state index contributed by atoms with van der Waals surface area (Å²) in [5, 5.41) is 4.84. The number of thiazole rings is 1. The molecule has 2 aromatic heterocycles. The van der Waals surface area contributed by atoms with Crippen molar-refractivity contribution in [3.63, 3.8) is 0 Å². The van der Waals surface area contributed by atoms with Gasteiger partial charge in [-0.1, -0.05) is 0 Å². The predicted octanol–water partition coefficient (Wildman–Crippen LogP) is 0.873. The van der Waals surface area contributed by atoms with Gasteiger partial charge in [0.2, 0.25) is 0 Å². The van der Waals surface area contributed by atoms with Crippen LogP contribution in [0, 0.1) is 0 Å². The Balaban J connectivity index is 2.40. The number of nitrogens with zero attached hydrogens (tertiary/aromatic N) is 2. The van der Waals surface area contributed by atoms with Crippen LogP contribution in [-0.2, 0) is 20.8 Å². The summed E-state index contributed by atoms with van der Waals surface area (Å²) in [7, 11) is -4.82. The van der Waals surface area contributed by atoms with Gasteiger partial charge in [0.25, 0.3) is 10.0 Å². The standard InChI is InChI=1S/C11H18N4O3S3/c1-4-12-9-10(15-5-6-19-11(15)13-9)21(17,18)14-8(2)7-20(3)16/h5-6,8,12,14H,4,7H2,1-3H3. The molecule has 2 rings (SSSR count). The highest BCUT2D eigenvalue weighted by molar-refractivity contribution is 7.89. The Morgan fingerprint density at radius 1 is 1.52 bits per heavy atom. The van der Waals surface area contributed by atoms with Crippen LogP contribution in [0.2, 0.25) is 0 Å². The molecule has 0 spiro atoms. The second kappa shape index (κ2) is 6.42. The quantitative estimate of drug-likeness (QED) is 0.773. The minimum Gasteiger partial charge on any atom is -0.368 e. The number of sulfonamides is 1. The smallest absolute Gasteiger partial charge is 0.260 e. The third-order valence-electron chi connectivity index (χ3n) is 2.66. The average Bonchev–Trinajstić information content (AvgIpc) is 2.86. The van der Waals surface area contributed by atoms with Crippen molar-refractivity contribution in [2.45, 2.75) is 24.9 Å². The van der Waals surface area contributed by atoms with Gasteiger partial charge in [-0.2, -0.15) is 0 Å². The summed E-state index contributed by atoms with van der Waals surface area (Å²) in [6.07, 6.45) is 3.22. The first-order chi connectivity index (χ1) is 9.85. The fourth-order valence-electron chi connectivity index (χ4n) is 2.01. The fourth-order valence-corrected chi connectivity index (χ4v) is 5.18. The van der Waals surface area contributed by atoms with Crippen LogP contribution < -0.4 is 10.0 Å². The first-order valence-electron chi connectivity index (χ1n) is 6.37. The van der Waals surface area contributed by atoms with Gasteiger partial charge in [0.1, 0.15) is 0 Å². The third kappa shape index (κ3) is 3.62. The molecule has 0 aliphatic heterocycles. The van der Waals surface area contributed by atoms with E-state index in [2.05, 4.69) is 15.0 Å². The Morgan fingerprint density at radius 2 is 2.24 bits per heavy atom. The van der Waals surface area contributed by atoms with Crippen molar-refractivity contribution in [3.05, 3.63) is 11.6 Å². The van der Waals surface area contributed by atoms with Crippen molar-refractivity contribution in [1.29, 1.82) is 0 Å². The summed E-state index contributed by atoms with van der Waals surface area (Å²) in [5.41, 5.74) is 0. The van der Waals surface area contributed by atoms with Gasteiger partial charge in [0.15, 0.2) is 15.8 Å². The maximum atomic E-state index is 12.6. The van der Waals surface area contributed by atoms with Gasteiger partial charge in [0, 0.05) is 47.0 Å². The molecular formula is C11H18N4O3S3. The van der Waals surface area contributed by atoms with Crippen LogP contribution in [0.3, 0.4) is 0 Å². The Labute approximate surface area is 130 Å². The van der Waals surface area contributed by atoms with E-state index >= 15 is 0 Å². The van der Waals surface area contributed by atoms with Crippen LogP contribution >= 0.6 is 11.3 Å². The number of nitrogens with one attached hydrogen (secondary N) is 2. The molecule has 2 aromatic rings. The summed E-state index contributed by atoms with van der Waals surface area (Å²) in [5.74, 6) is 0.600. The highest BCUT2D eigenvalue weighted by atomic mass is 32.2. The van der Waals surface area contributed by atoms with Gasteiger partial charge in [-0.15, -0.1) is 11.3 Å². The van der Waals surface area contributed by atoms with Crippen molar-refractivity contribution in [3.8, 4) is 0 Å². The fraction of sp³-hybridized carbons (Fsp3) is 0.545. The van der Waals surface area contributed by atoms with E-state index in [1.807, 2.05) is 6.92 Å². The molecule has 0 aliphatic rings. The van der Waals surface area contributed by atoms with Crippen LogP contribution in [0.5, 0.6) is 0 Å². The maximum absolute atomic E-state index is 12.6. The number of aromatic nitrogens is 2. The van der Waals surface area contributed by atoms with E-state index in [-0.39, 0.29) is 10.8 Å². The molecule has 2 N–H and O–H groups in total. The lowest BCUT2D eigenvalue weighted by Crippen LogP contribution is -2.37. The highest BCUT2D eigenvalue weighted by Gasteiger charge is 2.27. The minimum absolute atomic E-state index is 0.0920. The lowest BCUT2D eigenvalue weighted by atomic mass is 10.4. The highest BCUT2D eigenvalue weighted by Crippen LogP contribution is 2.25. The van der Waals surface area contributed by atoms with Crippen LogP contribution in [0.25, 0.3) is 4.96 Å². The van der Waals surface area contributed by atoms with Crippen LogP contribution in [-0.4, -0.2) is 46.6 Å². The number of fused-ring (bicyclic) bond motifs is 1. The van der Waals surface area contributed by atoms with E-state index in [9.17, 15) is 12.6 Å². The minimum atomic E-state index is -3.75. The van der Waals surface area contributed by atoms with Gasteiger partial charge in [-0.25, -0.2) is 18.1 Å². The zero-order chi connectivity index (χ0) is 15.6. The van der Waals surface area contributed by atoms with Crippen LogP contribution in [0.15, 0.2) is 16.6 Å². The first-order valence-corrected chi connectivity index (χ1v) is 10.5. The first kappa shape index (κ1) is 16.4. The second-order valence-corrected chi connectivity index (χ2v) is 8.60. The van der Waals surface area contributed by atoms with Crippen molar-refractivity contribution >= 4 is 42.9 Å².